The van der Waals surface area contributed by atoms with Crippen LogP contribution < -0.4 is 11.1 Å². The topological polar surface area (TPSA) is 55.3 Å². The summed E-state index contributed by atoms with van der Waals surface area (Å²) in [6.45, 7) is 4.87. The molecule has 0 aliphatic carbocycles. The molecule has 2 rings (SSSR count). The molecule has 3 N–H and O–H groups in total. The molecule has 0 spiro atoms. The smallest absolute Gasteiger partial charge is 0.138 e. The second-order valence-corrected chi connectivity index (χ2v) is 4.31. The van der Waals surface area contributed by atoms with Crippen molar-refractivity contribution in [1.29, 1.82) is 0 Å². The molecule has 4 heteroatoms. The van der Waals surface area contributed by atoms with Crippen molar-refractivity contribution in [3.05, 3.63) is 30.6 Å². The lowest BCUT2D eigenvalue weighted by molar-refractivity contribution is 0.504. The maximum atomic E-state index is 5.80. The Morgan fingerprint density at radius 3 is 3.00 bits per heavy atom. The zero-order valence-electron chi connectivity index (χ0n) is 9.77. The van der Waals surface area contributed by atoms with Crippen molar-refractivity contribution in [2.75, 3.05) is 11.9 Å². The SMILES string of the molecule is CCC(C)(CN)Nc1cccc2nccn12. The van der Waals surface area contributed by atoms with Crippen LogP contribution in [0.1, 0.15) is 20.3 Å². The highest BCUT2D eigenvalue weighted by Gasteiger charge is 2.20. The van der Waals surface area contributed by atoms with E-state index in [2.05, 4.69) is 24.1 Å². The van der Waals surface area contributed by atoms with Gasteiger partial charge in [0, 0.05) is 24.5 Å². The number of hydrogen-bond acceptors (Lipinski definition) is 3. The predicted molar refractivity (Wildman–Crippen MR) is 66.6 cm³/mol. The Morgan fingerprint density at radius 2 is 2.31 bits per heavy atom. The first-order valence-electron chi connectivity index (χ1n) is 5.59. The number of hydrogen-bond donors (Lipinski definition) is 2. The summed E-state index contributed by atoms with van der Waals surface area (Å²) in [7, 11) is 0. The maximum absolute atomic E-state index is 5.80. The normalized spacial score (nSPS) is 14.9. The van der Waals surface area contributed by atoms with E-state index in [4.69, 9.17) is 5.73 Å². The zero-order chi connectivity index (χ0) is 11.6. The largest absolute Gasteiger partial charge is 0.365 e. The Balaban J connectivity index is 2.37. The molecule has 1 unspecified atom stereocenters. The molecule has 1 atom stereocenters. The van der Waals surface area contributed by atoms with Crippen LogP contribution in [0.2, 0.25) is 0 Å². The number of rotatable bonds is 4. The van der Waals surface area contributed by atoms with Crippen molar-refractivity contribution in [2.24, 2.45) is 5.73 Å². The Hall–Kier alpha value is -1.55. The second-order valence-electron chi connectivity index (χ2n) is 4.31. The Bertz CT molecular complexity index is 471. The Morgan fingerprint density at radius 1 is 1.50 bits per heavy atom. The van der Waals surface area contributed by atoms with Crippen LogP contribution in [0.25, 0.3) is 5.65 Å². The summed E-state index contributed by atoms with van der Waals surface area (Å²) in [5, 5.41) is 3.48. The summed E-state index contributed by atoms with van der Waals surface area (Å²) >= 11 is 0. The van der Waals surface area contributed by atoms with Crippen molar-refractivity contribution >= 4 is 11.5 Å². The molecule has 16 heavy (non-hydrogen) atoms. The minimum Gasteiger partial charge on any atom is -0.365 e. The number of anilines is 1. The Kier molecular flexibility index (Phi) is 2.83. The highest BCUT2D eigenvalue weighted by atomic mass is 15.1. The quantitative estimate of drug-likeness (QED) is 0.823. The van der Waals surface area contributed by atoms with Gasteiger partial charge < -0.3 is 11.1 Å². The van der Waals surface area contributed by atoms with Crippen LogP contribution in [-0.2, 0) is 0 Å². The molecule has 0 fully saturated rings. The molecular weight excluding hydrogens is 200 g/mol. The van der Waals surface area contributed by atoms with Crippen LogP contribution in [0.5, 0.6) is 0 Å². The van der Waals surface area contributed by atoms with Crippen LogP contribution in [0, 0.1) is 0 Å². The van der Waals surface area contributed by atoms with E-state index < -0.39 is 0 Å². The van der Waals surface area contributed by atoms with Crippen LogP contribution in [0.3, 0.4) is 0 Å². The van der Waals surface area contributed by atoms with E-state index in [0.29, 0.717) is 6.54 Å². The molecule has 0 radical (unpaired) electrons. The predicted octanol–water partition coefficient (Wildman–Crippen LogP) is 1.87. The van der Waals surface area contributed by atoms with E-state index in [1.165, 1.54) is 0 Å². The number of nitrogens with zero attached hydrogens (tertiary/aromatic N) is 2. The lowest BCUT2D eigenvalue weighted by Gasteiger charge is -2.29. The molecule has 0 aliphatic heterocycles. The summed E-state index contributed by atoms with van der Waals surface area (Å²) in [6.07, 6.45) is 4.73. The molecule has 4 nitrogen and oxygen atoms in total. The van der Waals surface area contributed by atoms with Crippen molar-refractivity contribution in [2.45, 2.75) is 25.8 Å². The highest BCUT2D eigenvalue weighted by molar-refractivity contribution is 5.51. The van der Waals surface area contributed by atoms with Crippen LogP contribution in [-0.4, -0.2) is 21.5 Å². The third-order valence-electron chi connectivity index (χ3n) is 3.09. The molecule has 0 bridgehead atoms. The van der Waals surface area contributed by atoms with Crippen molar-refractivity contribution in [3.8, 4) is 0 Å². The van der Waals surface area contributed by atoms with Gasteiger partial charge in [0.25, 0.3) is 0 Å². The first kappa shape index (κ1) is 11.0. The average molecular weight is 218 g/mol. The van der Waals surface area contributed by atoms with Gasteiger partial charge in [0.1, 0.15) is 11.5 Å². The van der Waals surface area contributed by atoms with Gasteiger partial charge in [-0.2, -0.15) is 0 Å². The minimum atomic E-state index is -0.0709. The third kappa shape index (κ3) is 1.88. The van der Waals surface area contributed by atoms with Crippen LogP contribution in [0.4, 0.5) is 5.82 Å². The van der Waals surface area contributed by atoms with Gasteiger partial charge in [0.2, 0.25) is 0 Å². The fourth-order valence-electron chi connectivity index (χ4n) is 1.64. The molecule has 2 aromatic rings. The van der Waals surface area contributed by atoms with Gasteiger partial charge in [0.05, 0.1) is 0 Å². The summed E-state index contributed by atoms with van der Waals surface area (Å²) < 4.78 is 2.03. The van der Waals surface area contributed by atoms with Crippen molar-refractivity contribution in [3.63, 3.8) is 0 Å². The summed E-state index contributed by atoms with van der Waals surface area (Å²) in [5.41, 5.74) is 6.67. The number of imidazole rings is 1. The van der Waals surface area contributed by atoms with Gasteiger partial charge >= 0.3 is 0 Å². The van der Waals surface area contributed by atoms with Crippen molar-refractivity contribution < 1.29 is 0 Å². The lowest BCUT2D eigenvalue weighted by atomic mass is 9.99. The molecule has 0 saturated carbocycles. The van der Waals surface area contributed by atoms with E-state index in [1.54, 1.807) is 6.20 Å². The molecule has 0 aromatic carbocycles. The maximum Gasteiger partial charge on any atom is 0.138 e. The average Bonchev–Trinajstić information content (AvgIpc) is 2.78. The fraction of sp³-hybridized carbons (Fsp3) is 0.417. The molecule has 86 valence electrons. The van der Waals surface area contributed by atoms with E-state index in [-0.39, 0.29) is 5.54 Å². The van der Waals surface area contributed by atoms with Gasteiger partial charge in [-0.3, -0.25) is 4.40 Å². The Labute approximate surface area is 95.5 Å². The highest BCUT2D eigenvalue weighted by Crippen LogP contribution is 2.18. The van der Waals surface area contributed by atoms with Gasteiger partial charge in [0.15, 0.2) is 0 Å². The zero-order valence-corrected chi connectivity index (χ0v) is 9.77. The number of nitrogens with one attached hydrogen (secondary N) is 1. The summed E-state index contributed by atoms with van der Waals surface area (Å²) in [4.78, 5) is 4.25. The van der Waals surface area contributed by atoms with E-state index in [0.717, 1.165) is 17.9 Å². The summed E-state index contributed by atoms with van der Waals surface area (Å²) in [5.74, 6) is 1.03. The molecule has 2 heterocycles. The standard InChI is InChI=1S/C12H18N4/c1-3-12(2,9-13)15-11-6-4-5-10-14-7-8-16(10)11/h4-8,15H,3,9,13H2,1-2H3. The third-order valence-corrected chi connectivity index (χ3v) is 3.09. The number of nitrogens with two attached hydrogens (primary N) is 1. The van der Waals surface area contributed by atoms with E-state index in [1.807, 2.05) is 28.8 Å². The van der Waals surface area contributed by atoms with Gasteiger partial charge in [-0.05, 0) is 25.5 Å². The second kappa shape index (κ2) is 4.14. The molecule has 0 amide bonds. The fourth-order valence-corrected chi connectivity index (χ4v) is 1.64. The van der Waals surface area contributed by atoms with Gasteiger partial charge in [-0.25, -0.2) is 4.98 Å². The lowest BCUT2D eigenvalue weighted by Crippen LogP contribution is -2.42. The first-order valence-corrected chi connectivity index (χ1v) is 5.59. The minimum absolute atomic E-state index is 0.0709. The van der Waals surface area contributed by atoms with Crippen LogP contribution >= 0.6 is 0 Å². The molecule has 0 aliphatic rings. The number of pyridine rings is 1. The monoisotopic (exact) mass is 218 g/mol. The van der Waals surface area contributed by atoms with Crippen molar-refractivity contribution in [1.82, 2.24) is 9.38 Å². The molecule has 0 saturated heterocycles. The first-order chi connectivity index (χ1) is 7.68. The van der Waals surface area contributed by atoms with Gasteiger partial charge in [-0.1, -0.05) is 13.0 Å². The van der Waals surface area contributed by atoms with E-state index >= 15 is 0 Å². The van der Waals surface area contributed by atoms with E-state index in [9.17, 15) is 0 Å². The molecular formula is C12H18N4. The number of fused-ring (bicyclic) bond motifs is 1. The molecule has 2 aromatic heterocycles. The number of aromatic nitrogens is 2. The van der Waals surface area contributed by atoms with Crippen LogP contribution in [0.15, 0.2) is 30.6 Å². The van der Waals surface area contributed by atoms with Gasteiger partial charge in [-0.15, -0.1) is 0 Å². The summed E-state index contributed by atoms with van der Waals surface area (Å²) in [6, 6.07) is 6.02.